The van der Waals surface area contributed by atoms with Gasteiger partial charge in [-0.15, -0.1) is 0 Å². The molecule has 0 radical (unpaired) electrons. The molecule has 102 valence electrons. The minimum absolute atomic E-state index is 0.822. The monoisotopic (exact) mass is 241 g/mol. The Morgan fingerprint density at radius 2 is 1.47 bits per heavy atom. The summed E-state index contributed by atoms with van der Waals surface area (Å²) in [7, 11) is 4.43. The highest BCUT2D eigenvalue weighted by molar-refractivity contribution is 4.83. The van der Waals surface area contributed by atoms with Crippen molar-refractivity contribution in [1.29, 1.82) is 0 Å². The van der Waals surface area contributed by atoms with Crippen molar-refractivity contribution in [3.8, 4) is 0 Å². The summed E-state index contributed by atoms with van der Waals surface area (Å²) in [4.78, 5) is 5.11. The Morgan fingerprint density at radius 3 is 1.94 bits per heavy atom. The molecule has 2 heterocycles. The quantitative estimate of drug-likeness (QED) is 0.795. The molecule has 17 heavy (non-hydrogen) atoms. The average Bonchev–Trinajstić information content (AvgIpc) is 2.42. The molecule has 0 aromatic rings. The summed E-state index contributed by atoms with van der Waals surface area (Å²) in [6.07, 6.45) is 5.42. The van der Waals surface area contributed by atoms with Gasteiger partial charge in [0.1, 0.15) is 0 Å². The van der Waals surface area contributed by atoms with Crippen molar-refractivity contribution in [3.05, 3.63) is 0 Å². The van der Waals surface area contributed by atoms with E-state index in [1.807, 2.05) is 13.8 Å². The number of nitrogens with zero attached hydrogens (tertiary/aromatic N) is 2. The molecule has 2 aliphatic rings. The average molecular weight is 241 g/mol. The van der Waals surface area contributed by atoms with E-state index < -0.39 is 0 Å². The van der Waals surface area contributed by atoms with Crippen LogP contribution in [0.2, 0.25) is 0 Å². The number of piperidine rings is 2. The van der Waals surface area contributed by atoms with Gasteiger partial charge >= 0.3 is 0 Å². The normalized spacial score (nSPS) is 24.5. The predicted molar refractivity (Wildman–Crippen MR) is 75.5 cm³/mol. The summed E-state index contributed by atoms with van der Waals surface area (Å²) in [5, 5.41) is 3.45. The molecule has 0 bridgehead atoms. The van der Waals surface area contributed by atoms with Crippen molar-refractivity contribution in [2.24, 2.45) is 0 Å². The van der Waals surface area contributed by atoms with Crippen molar-refractivity contribution in [2.45, 2.75) is 51.6 Å². The summed E-state index contributed by atoms with van der Waals surface area (Å²) in [5.41, 5.74) is 0. The van der Waals surface area contributed by atoms with Crippen LogP contribution in [-0.2, 0) is 0 Å². The first-order valence-corrected chi connectivity index (χ1v) is 7.38. The highest BCUT2D eigenvalue weighted by Crippen LogP contribution is 2.20. The van der Waals surface area contributed by atoms with Crippen LogP contribution >= 0.6 is 0 Å². The van der Waals surface area contributed by atoms with E-state index in [2.05, 4.69) is 29.2 Å². The first kappa shape index (κ1) is 14.9. The molecule has 2 saturated heterocycles. The molecule has 0 spiro atoms. The van der Waals surface area contributed by atoms with Crippen molar-refractivity contribution >= 4 is 0 Å². The van der Waals surface area contributed by atoms with Gasteiger partial charge in [0.05, 0.1) is 0 Å². The van der Waals surface area contributed by atoms with E-state index in [0.717, 1.165) is 12.1 Å². The Hall–Kier alpha value is -0.120. The molecule has 2 fully saturated rings. The lowest BCUT2D eigenvalue weighted by Crippen LogP contribution is -2.49. The van der Waals surface area contributed by atoms with Gasteiger partial charge in [0.15, 0.2) is 0 Å². The molecule has 0 aliphatic carbocycles. The molecule has 0 unspecified atom stereocenters. The van der Waals surface area contributed by atoms with Crippen LogP contribution in [0.15, 0.2) is 0 Å². The number of nitrogens with one attached hydrogen (secondary N) is 1. The van der Waals surface area contributed by atoms with E-state index >= 15 is 0 Å². The summed E-state index contributed by atoms with van der Waals surface area (Å²) < 4.78 is 0. The third-order valence-corrected chi connectivity index (χ3v) is 4.05. The van der Waals surface area contributed by atoms with E-state index in [1.54, 1.807) is 0 Å². The van der Waals surface area contributed by atoms with E-state index in [-0.39, 0.29) is 0 Å². The second kappa shape index (κ2) is 8.06. The molecule has 1 N–H and O–H groups in total. The van der Waals surface area contributed by atoms with Crippen LogP contribution in [0.25, 0.3) is 0 Å². The summed E-state index contributed by atoms with van der Waals surface area (Å²) in [6, 6.07) is 1.69. The fourth-order valence-electron chi connectivity index (χ4n) is 2.94. The highest BCUT2D eigenvalue weighted by atomic mass is 15.2. The van der Waals surface area contributed by atoms with Gasteiger partial charge in [-0.25, -0.2) is 0 Å². The van der Waals surface area contributed by atoms with Crippen LogP contribution in [0.3, 0.4) is 0 Å². The second-order valence-electron chi connectivity index (χ2n) is 5.21. The lowest BCUT2D eigenvalue weighted by Gasteiger charge is -2.41. The Morgan fingerprint density at radius 1 is 0.941 bits per heavy atom. The van der Waals surface area contributed by atoms with Crippen LogP contribution < -0.4 is 5.32 Å². The fraction of sp³-hybridized carbons (Fsp3) is 1.00. The topological polar surface area (TPSA) is 18.5 Å². The maximum absolute atomic E-state index is 3.45. The molecule has 3 nitrogen and oxygen atoms in total. The lowest BCUT2D eigenvalue weighted by molar-refractivity contribution is 0.0929. The van der Waals surface area contributed by atoms with Crippen molar-refractivity contribution < 1.29 is 0 Å². The van der Waals surface area contributed by atoms with Crippen LogP contribution in [-0.4, -0.2) is 62.2 Å². The third kappa shape index (κ3) is 4.57. The van der Waals surface area contributed by atoms with E-state index in [9.17, 15) is 0 Å². The molecule has 0 saturated carbocycles. The number of likely N-dealkylation sites (tertiary alicyclic amines) is 1. The van der Waals surface area contributed by atoms with E-state index in [1.165, 1.54) is 51.9 Å². The highest BCUT2D eigenvalue weighted by Gasteiger charge is 2.26. The van der Waals surface area contributed by atoms with Crippen LogP contribution in [0, 0.1) is 0 Å². The Bertz CT molecular complexity index is 180. The van der Waals surface area contributed by atoms with Gasteiger partial charge in [0, 0.05) is 12.1 Å². The minimum atomic E-state index is 0.822. The summed E-state index contributed by atoms with van der Waals surface area (Å²) >= 11 is 0. The summed E-state index contributed by atoms with van der Waals surface area (Å²) in [6.45, 7) is 9.07. The maximum Gasteiger partial charge on any atom is 0.0119 e. The molecule has 0 atom stereocenters. The van der Waals surface area contributed by atoms with Gasteiger partial charge in [-0.3, -0.25) is 0 Å². The van der Waals surface area contributed by atoms with Gasteiger partial charge in [0.25, 0.3) is 0 Å². The Labute approximate surface area is 108 Å². The third-order valence-electron chi connectivity index (χ3n) is 4.05. The largest absolute Gasteiger partial charge is 0.317 e. The first-order valence-electron chi connectivity index (χ1n) is 7.38. The maximum atomic E-state index is 3.45. The number of hydrogen-bond acceptors (Lipinski definition) is 3. The Kier molecular flexibility index (Phi) is 7.09. The Balaban J connectivity index is 0.000000686. The minimum Gasteiger partial charge on any atom is -0.317 e. The van der Waals surface area contributed by atoms with Crippen molar-refractivity contribution in [2.75, 3.05) is 40.3 Å². The van der Waals surface area contributed by atoms with Crippen LogP contribution in [0.1, 0.15) is 39.5 Å². The lowest BCUT2D eigenvalue weighted by atomic mass is 9.98. The standard InChI is InChI=1S/C12H25N3.C2H6/c1-14(2)11-5-9-15(10-6-11)12-3-7-13-8-4-12;1-2/h11-13H,3-10H2,1-2H3;1-2H3. The number of hydrogen-bond donors (Lipinski definition) is 1. The molecule has 0 aromatic heterocycles. The molecule has 0 aromatic carbocycles. The predicted octanol–water partition coefficient (Wildman–Crippen LogP) is 1.79. The second-order valence-corrected chi connectivity index (χ2v) is 5.21. The van der Waals surface area contributed by atoms with Gasteiger partial charge in [0.2, 0.25) is 0 Å². The molecular formula is C14H31N3. The van der Waals surface area contributed by atoms with E-state index in [4.69, 9.17) is 0 Å². The zero-order chi connectivity index (χ0) is 12.7. The van der Waals surface area contributed by atoms with Gasteiger partial charge in [-0.1, -0.05) is 13.8 Å². The van der Waals surface area contributed by atoms with Gasteiger partial charge in [-0.2, -0.15) is 0 Å². The summed E-state index contributed by atoms with van der Waals surface area (Å²) in [5.74, 6) is 0. The van der Waals surface area contributed by atoms with Gasteiger partial charge in [-0.05, 0) is 66.0 Å². The first-order chi connectivity index (χ1) is 8.27. The molecule has 2 aliphatic heterocycles. The van der Waals surface area contributed by atoms with Crippen LogP contribution in [0.5, 0.6) is 0 Å². The molecule has 0 amide bonds. The van der Waals surface area contributed by atoms with Crippen molar-refractivity contribution in [1.82, 2.24) is 15.1 Å². The SMILES string of the molecule is CC.CN(C)C1CCN(C2CCNCC2)CC1. The van der Waals surface area contributed by atoms with E-state index in [0.29, 0.717) is 0 Å². The van der Waals surface area contributed by atoms with Crippen LogP contribution in [0.4, 0.5) is 0 Å². The molecular weight excluding hydrogens is 210 g/mol. The zero-order valence-electron chi connectivity index (χ0n) is 12.2. The molecule has 2 rings (SSSR count). The fourth-order valence-corrected chi connectivity index (χ4v) is 2.94. The number of rotatable bonds is 2. The smallest absolute Gasteiger partial charge is 0.0119 e. The molecule has 3 heteroatoms. The van der Waals surface area contributed by atoms with Gasteiger partial charge < -0.3 is 15.1 Å². The van der Waals surface area contributed by atoms with Crippen molar-refractivity contribution in [3.63, 3.8) is 0 Å². The zero-order valence-corrected chi connectivity index (χ0v) is 12.2.